The number of methoxy groups -OCH3 is 1. The second kappa shape index (κ2) is 6.53. The molecule has 1 fully saturated rings. The summed E-state index contributed by atoms with van der Waals surface area (Å²) in [5.74, 6) is -0.0443. The molecule has 0 unspecified atom stereocenters. The van der Waals surface area contributed by atoms with E-state index in [0.717, 1.165) is 6.42 Å². The highest BCUT2D eigenvalue weighted by Gasteiger charge is 2.26. The Balaban J connectivity index is 2.00. The number of hydrogen-bond acceptors (Lipinski definition) is 4. The van der Waals surface area contributed by atoms with E-state index in [1.165, 1.54) is 0 Å². The minimum absolute atomic E-state index is 0.0142. The molecule has 1 rings (SSSR count). The Labute approximate surface area is 89.3 Å². The van der Waals surface area contributed by atoms with Gasteiger partial charge in [-0.15, -0.1) is 0 Å². The van der Waals surface area contributed by atoms with Crippen molar-refractivity contribution in [1.29, 1.82) is 0 Å². The fraction of sp³-hybridized carbons (Fsp3) is 0.800. The van der Waals surface area contributed by atoms with Gasteiger partial charge in [-0.3, -0.25) is 9.59 Å². The first kappa shape index (κ1) is 12.1. The third-order valence-electron chi connectivity index (χ3n) is 2.22. The van der Waals surface area contributed by atoms with Crippen LogP contribution in [-0.4, -0.2) is 56.6 Å². The first-order valence-corrected chi connectivity index (χ1v) is 5.10. The number of amides is 1. The zero-order valence-corrected chi connectivity index (χ0v) is 9.03. The van der Waals surface area contributed by atoms with Gasteiger partial charge in [-0.05, 0) is 6.42 Å². The molecule has 5 heteroatoms. The topological polar surface area (TPSA) is 55.8 Å². The van der Waals surface area contributed by atoms with Crippen LogP contribution in [-0.2, 0) is 19.1 Å². The fourth-order valence-corrected chi connectivity index (χ4v) is 1.44. The molecule has 86 valence electrons. The zero-order chi connectivity index (χ0) is 11.1. The molecular weight excluding hydrogens is 198 g/mol. The summed E-state index contributed by atoms with van der Waals surface area (Å²) in [6.45, 7) is 2.64. The van der Waals surface area contributed by atoms with Crippen LogP contribution in [0.2, 0.25) is 0 Å². The second-order valence-electron chi connectivity index (χ2n) is 3.49. The Morgan fingerprint density at radius 2 is 2.07 bits per heavy atom. The van der Waals surface area contributed by atoms with Gasteiger partial charge in [0, 0.05) is 20.3 Å². The van der Waals surface area contributed by atoms with Crippen molar-refractivity contribution in [1.82, 2.24) is 4.90 Å². The Hall–Kier alpha value is -0.940. The van der Waals surface area contributed by atoms with Gasteiger partial charge in [0.25, 0.3) is 0 Å². The SMILES string of the molecule is COCCOCCCN1CC(=O)CC1=O. The maximum absolute atomic E-state index is 11.2. The average Bonchev–Trinajstić information content (AvgIpc) is 2.51. The number of likely N-dealkylation sites (tertiary alicyclic amines) is 1. The van der Waals surface area contributed by atoms with Crippen molar-refractivity contribution in [2.24, 2.45) is 0 Å². The molecule has 0 atom stereocenters. The van der Waals surface area contributed by atoms with E-state index in [1.54, 1.807) is 12.0 Å². The van der Waals surface area contributed by atoms with Gasteiger partial charge in [0.2, 0.25) is 5.91 Å². The second-order valence-corrected chi connectivity index (χ2v) is 3.49. The molecule has 0 radical (unpaired) electrons. The van der Waals surface area contributed by atoms with E-state index in [-0.39, 0.29) is 24.7 Å². The van der Waals surface area contributed by atoms with Crippen molar-refractivity contribution in [3.05, 3.63) is 0 Å². The standard InChI is InChI=1S/C10H17NO4/c1-14-5-6-15-4-2-3-11-8-9(12)7-10(11)13/h2-8H2,1H3. The highest BCUT2D eigenvalue weighted by Crippen LogP contribution is 2.06. The van der Waals surface area contributed by atoms with Crippen LogP contribution in [0.25, 0.3) is 0 Å². The molecule has 0 aromatic carbocycles. The van der Waals surface area contributed by atoms with E-state index in [2.05, 4.69) is 0 Å². The summed E-state index contributed by atoms with van der Waals surface area (Å²) >= 11 is 0. The molecule has 0 N–H and O–H groups in total. The van der Waals surface area contributed by atoms with E-state index in [0.29, 0.717) is 26.4 Å². The average molecular weight is 215 g/mol. The maximum Gasteiger partial charge on any atom is 0.230 e. The van der Waals surface area contributed by atoms with Crippen molar-refractivity contribution in [3.63, 3.8) is 0 Å². The summed E-state index contributed by atoms with van der Waals surface area (Å²) in [6, 6.07) is 0. The third kappa shape index (κ3) is 4.40. The van der Waals surface area contributed by atoms with Gasteiger partial charge in [0.1, 0.15) is 0 Å². The van der Waals surface area contributed by atoms with Crippen LogP contribution in [0.3, 0.4) is 0 Å². The lowest BCUT2D eigenvalue weighted by Crippen LogP contribution is -2.27. The van der Waals surface area contributed by atoms with Crippen LogP contribution in [0.5, 0.6) is 0 Å². The van der Waals surface area contributed by atoms with Crippen molar-refractivity contribution < 1.29 is 19.1 Å². The molecule has 0 aliphatic carbocycles. The number of nitrogens with zero attached hydrogens (tertiary/aromatic N) is 1. The summed E-state index contributed by atoms with van der Waals surface area (Å²) in [5, 5.41) is 0. The quantitative estimate of drug-likeness (QED) is 0.437. The Morgan fingerprint density at radius 3 is 2.67 bits per heavy atom. The molecule has 0 saturated carbocycles. The third-order valence-corrected chi connectivity index (χ3v) is 2.22. The zero-order valence-electron chi connectivity index (χ0n) is 9.03. The van der Waals surface area contributed by atoms with Crippen LogP contribution in [0.1, 0.15) is 12.8 Å². The van der Waals surface area contributed by atoms with Gasteiger partial charge in [-0.1, -0.05) is 0 Å². The number of hydrogen-bond donors (Lipinski definition) is 0. The minimum atomic E-state index is -0.0584. The van der Waals surface area contributed by atoms with Crippen molar-refractivity contribution in [2.45, 2.75) is 12.8 Å². The van der Waals surface area contributed by atoms with E-state index in [4.69, 9.17) is 9.47 Å². The Bertz CT molecular complexity index is 229. The summed E-state index contributed by atoms with van der Waals surface area (Å²) in [5.41, 5.74) is 0. The molecule has 15 heavy (non-hydrogen) atoms. The first-order valence-electron chi connectivity index (χ1n) is 5.10. The molecule has 1 amide bonds. The van der Waals surface area contributed by atoms with Gasteiger partial charge < -0.3 is 14.4 Å². The van der Waals surface area contributed by atoms with Crippen LogP contribution < -0.4 is 0 Å². The predicted octanol–water partition coefficient (Wildman–Crippen LogP) is -0.159. The smallest absolute Gasteiger partial charge is 0.230 e. The normalized spacial score (nSPS) is 16.5. The van der Waals surface area contributed by atoms with Crippen molar-refractivity contribution in [3.8, 4) is 0 Å². The van der Waals surface area contributed by atoms with Crippen LogP contribution in [0, 0.1) is 0 Å². The van der Waals surface area contributed by atoms with Gasteiger partial charge in [0.15, 0.2) is 5.78 Å². The summed E-state index contributed by atoms with van der Waals surface area (Å²) in [6.07, 6.45) is 0.841. The molecule has 0 bridgehead atoms. The predicted molar refractivity (Wildman–Crippen MR) is 53.5 cm³/mol. The summed E-state index contributed by atoms with van der Waals surface area (Å²) in [4.78, 5) is 23.7. The highest BCUT2D eigenvalue weighted by molar-refractivity contribution is 6.05. The number of rotatable bonds is 7. The first-order chi connectivity index (χ1) is 7.24. The number of ether oxygens (including phenoxy) is 2. The van der Waals surface area contributed by atoms with Gasteiger partial charge in [-0.25, -0.2) is 0 Å². The largest absolute Gasteiger partial charge is 0.382 e. The van der Waals surface area contributed by atoms with Crippen LogP contribution in [0.15, 0.2) is 0 Å². The Kier molecular flexibility index (Phi) is 5.28. The maximum atomic E-state index is 11.2. The minimum Gasteiger partial charge on any atom is -0.382 e. The molecule has 0 spiro atoms. The molecule has 0 aromatic heterocycles. The fourth-order valence-electron chi connectivity index (χ4n) is 1.44. The molecule has 1 aliphatic heterocycles. The van der Waals surface area contributed by atoms with Crippen LogP contribution >= 0.6 is 0 Å². The highest BCUT2D eigenvalue weighted by atomic mass is 16.5. The molecular formula is C10H17NO4. The van der Waals surface area contributed by atoms with Gasteiger partial charge >= 0.3 is 0 Å². The Morgan fingerprint density at radius 1 is 1.27 bits per heavy atom. The van der Waals surface area contributed by atoms with E-state index in [1.807, 2.05) is 0 Å². The monoisotopic (exact) mass is 215 g/mol. The number of carbonyl (C=O) groups is 2. The van der Waals surface area contributed by atoms with Crippen molar-refractivity contribution >= 4 is 11.7 Å². The van der Waals surface area contributed by atoms with E-state index >= 15 is 0 Å². The van der Waals surface area contributed by atoms with Gasteiger partial charge in [0.05, 0.1) is 26.2 Å². The lowest BCUT2D eigenvalue weighted by Gasteiger charge is -2.13. The van der Waals surface area contributed by atoms with E-state index < -0.39 is 0 Å². The van der Waals surface area contributed by atoms with Crippen molar-refractivity contribution in [2.75, 3.05) is 40.0 Å². The number of carbonyl (C=O) groups excluding carboxylic acids is 2. The molecule has 1 heterocycles. The summed E-state index contributed by atoms with van der Waals surface area (Å²) < 4.78 is 10.1. The number of ketones is 1. The lowest BCUT2D eigenvalue weighted by atomic mass is 10.3. The molecule has 1 saturated heterocycles. The molecule has 1 aliphatic rings. The van der Waals surface area contributed by atoms with E-state index in [9.17, 15) is 9.59 Å². The van der Waals surface area contributed by atoms with Crippen LogP contribution in [0.4, 0.5) is 0 Å². The lowest BCUT2D eigenvalue weighted by molar-refractivity contribution is -0.128. The molecule has 0 aromatic rings. The number of Topliss-reactive ketones (excluding diaryl/α,β-unsaturated/α-hetero) is 1. The molecule has 5 nitrogen and oxygen atoms in total. The van der Waals surface area contributed by atoms with Gasteiger partial charge in [-0.2, -0.15) is 0 Å². The summed E-state index contributed by atoms with van der Waals surface area (Å²) in [7, 11) is 1.62.